The molecule has 10 nitrogen and oxygen atoms in total. The van der Waals surface area contributed by atoms with Crippen molar-refractivity contribution < 1.29 is 13.2 Å². The molecule has 0 bridgehead atoms. The van der Waals surface area contributed by atoms with E-state index in [1.165, 1.54) is 23.1 Å². The van der Waals surface area contributed by atoms with Crippen molar-refractivity contribution in [2.75, 3.05) is 16.7 Å². The molecule has 0 aromatic carbocycles. The fourth-order valence-corrected chi connectivity index (χ4v) is 1.81. The van der Waals surface area contributed by atoms with Gasteiger partial charge in [0.05, 0.1) is 18.6 Å². The van der Waals surface area contributed by atoms with Gasteiger partial charge in [0.15, 0.2) is 5.82 Å². The van der Waals surface area contributed by atoms with Crippen molar-refractivity contribution in [3.63, 3.8) is 0 Å². The molecule has 0 amide bonds. The zero-order valence-electron chi connectivity index (χ0n) is 9.89. The standard InChI is InChI=1S/C8H11N7O3S/c1-19(17,18)12-7-4-14(13-11-7)5-8(16)15-6(9)2-3-10-15/h2-4,12H,5,9H2,1H3. The van der Waals surface area contributed by atoms with Crippen LogP contribution < -0.4 is 10.5 Å². The number of rotatable bonds is 4. The summed E-state index contributed by atoms with van der Waals surface area (Å²) in [4.78, 5) is 11.8. The molecule has 0 aliphatic carbocycles. The highest BCUT2D eigenvalue weighted by Crippen LogP contribution is 2.04. The molecule has 3 N–H and O–H groups in total. The van der Waals surface area contributed by atoms with Crippen LogP contribution in [0.15, 0.2) is 18.5 Å². The fourth-order valence-electron chi connectivity index (χ4n) is 1.34. The van der Waals surface area contributed by atoms with E-state index in [0.29, 0.717) is 0 Å². The van der Waals surface area contributed by atoms with Crippen LogP contribution in [0.4, 0.5) is 11.6 Å². The quantitative estimate of drug-likeness (QED) is 0.717. The number of nitrogen functional groups attached to an aromatic ring is 1. The van der Waals surface area contributed by atoms with Gasteiger partial charge in [-0.15, -0.1) is 5.10 Å². The molecular formula is C8H11N7O3S. The van der Waals surface area contributed by atoms with Crippen molar-refractivity contribution in [1.82, 2.24) is 24.8 Å². The van der Waals surface area contributed by atoms with Crippen LogP contribution >= 0.6 is 0 Å². The molecule has 102 valence electrons. The smallest absolute Gasteiger partial charge is 0.270 e. The lowest BCUT2D eigenvalue weighted by molar-refractivity contribution is 0.0872. The third-order valence-electron chi connectivity index (χ3n) is 2.03. The van der Waals surface area contributed by atoms with E-state index in [1.54, 1.807) is 0 Å². The molecule has 0 unspecified atom stereocenters. The highest BCUT2D eigenvalue weighted by molar-refractivity contribution is 7.92. The lowest BCUT2D eigenvalue weighted by atomic mass is 10.5. The molecule has 0 spiro atoms. The minimum Gasteiger partial charge on any atom is -0.383 e. The van der Waals surface area contributed by atoms with Gasteiger partial charge in [-0.3, -0.25) is 9.52 Å². The number of anilines is 2. The van der Waals surface area contributed by atoms with E-state index in [1.807, 2.05) is 0 Å². The molecule has 2 rings (SSSR count). The van der Waals surface area contributed by atoms with Crippen LogP contribution in [-0.4, -0.2) is 45.4 Å². The molecule has 2 aromatic rings. The zero-order chi connectivity index (χ0) is 14.0. The highest BCUT2D eigenvalue weighted by Gasteiger charge is 2.12. The number of nitrogens with zero attached hydrogens (tertiary/aromatic N) is 5. The van der Waals surface area contributed by atoms with Crippen molar-refractivity contribution in [1.29, 1.82) is 0 Å². The van der Waals surface area contributed by atoms with Crippen LogP contribution in [0.3, 0.4) is 0 Å². The number of aromatic nitrogens is 5. The zero-order valence-corrected chi connectivity index (χ0v) is 10.7. The predicted molar refractivity (Wildman–Crippen MR) is 65.8 cm³/mol. The van der Waals surface area contributed by atoms with Crippen molar-refractivity contribution in [2.45, 2.75) is 6.54 Å². The Labute approximate surface area is 108 Å². The van der Waals surface area contributed by atoms with E-state index >= 15 is 0 Å². The lowest BCUT2D eigenvalue weighted by Crippen LogP contribution is -2.20. The number of nitrogens with one attached hydrogen (secondary N) is 1. The molecule has 0 aliphatic heterocycles. The van der Waals surface area contributed by atoms with E-state index in [9.17, 15) is 13.2 Å². The van der Waals surface area contributed by atoms with Crippen LogP contribution in [0.1, 0.15) is 4.79 Å². The maximum Gasteiger partial charge on any atom is 0.270 e. The summed E-state index contributed by atoms with van der Waals surface area (Å²) < 4.78 is 26.3. The van der Waals surface area contributed by atoms with Gasteiger partial charge in [0.2, 0.25) is 10.0 Å². The summed E-state index contributed by atoms with van der Waals surface area (Å²) >= 11 is 0. The van der Waals surface area contributed by atoms with Crippen LogP contribution in [0, 0.1) is 0 Å². The molecule has 0 saturated heterocycles. The Morgan fingerprint density at radius 1 is 1.53 bits per heavy atom. The van der Waals surface area contributed by atoms with Crippen LogP contribution in [0.5, 0.6) is 0 Å². The largest absolute Gasteiger partial charge is 0.383 e. The average molecular weight is 285 g/mol. The first-order valence-corrected chi connectivity index (χ1v) is 6.95. The molecule has 11 heteroatoms. The van der Waals surface area contributed by atoms with Gasteiger partial charge in [-0.25, -0.2) is 13.1 Å². The number of carbonyl (C=O) groups is 1. The number of hydrogen-bond acceptors (Lipinski definition) is 7. The van der Waals surface area contributed by atoms with Crippen molar-refractivity contribution >= 4 is 27.6 Å². The van der Waals surface area contributed by atoms with E-state index in [0.717, 1.165) is 10.9 Å². The summed E-state index contributed by atoms with van der Waals surface area (Å²) in [5.41, 5.74) is 5.53. The first kappa shape index (κ1) is 13.0. The van der Waals surface area contributed by atoms with Crippen LogP contribution in [0.2, 0.25) is 0 Å². The summed E-state index contributed by atoms with van der Waals surface area (Å²) in [6, 6.07) is 1.48. The number of carbonyl (C=O) groups excluding carboxylic acids is 1. The van der Waals surface area contributed by atoms with Gasteiger partial charge in [-0.1, -0.05) is 5.21 Å². The molecule has 2 aromatic heterocycles. The third kappa shape index (κ3) is 3.28. The Bertz CT molecular complexity index is 702. The van der Waals surface area contributed by atoms with Gasteiger partial charge in [-0.2, -0.15) is 9.78 Å². The van der Waals surface area contributed by atoms with Crippen molar-refractivity contribution in [3.05, 3.63) is 18.5 Å². The van der Waals surface area contributed by atoms with Crippen molar-refractivity contribution in [3.8, 4) is 0 Å². The van der Waals surface area contributed by atoms with Gasteiger partial charge >= 0.3 is 0 Å². The molecular weight excluding hydrogens is 274 g/mol. The second-order valence-corrected chi connectivity index (χ2v) is 5.49. The van der Waals surface area contributed by atoms with E-state index < -0.39 is 15.9 Å². The maximum atomic E-state index is 11.8. The first-order valence-electron chi connectivity index (χ1n) is 5.06. The topological polar surface area (TPSA) is 138 Å². The Kier molecular flexibility index (Phi) is 3.21. The lowest BCUT2D eigenvalue weighted by Gasteiger charge is -2.01. The summed E-state index contributed by atoms with van der Waals surface area (Å²) in [5.74, 6) is -0.179. The van der Waals surface area contributed by atoms with Crippen LogP contribution in [-0.2, 0) is 16.6 Å². The second-order valence-electron chi connectivity index (χ2n) is 3.74. The number of nitrogens with two attached hydrogens (primary N) is 1. The average Bonchev–Trinajstić information content (AvgIpc) is 2.85. The van der Waals surface area contributed by atoms with Gasteiger partial charge < -0.3 is 5.73 Å². The summed E-state index contributed by atoms with van der Waals surface area (Å²) in [6.07, 6.45) is 3.67. The molecule has 0 radical (unpaired) electrons. The minimum atomic E-state index is -3.43. The van der Waals surface area contributed by atoms with E-state index in [4.69, 9.17) is 5.73 Å². The second kappa shape index (κ2) is 4.68. The van der Waals surface area contributed by atoms with Gasteiger partial charge in [0.25, 0.3) is 5.91 Å². The first-order chi connectivity index (χ1) is 8.85. The monoisotopic (exact) mass is 285 g/mol. The molecule has 0 saturated carbocycles. The SMILES string of the molecule is CS(=O)(=O)Nc1cn(CC(=O)n2nccc2N)nn1. The normalized spacial score (nSPS) is 11.4. The Balaban J connectivity index is 2.09. The predicted octanol–water partition coefficient (Wildman–Crippen LogP) is -1.23. The van der Waals surface area contributed by atoms with E-state index in [-0.39, 0.29) is 18.2 Å². The van der Waals surface area contributed by atoms with Crippen molar-refractivity contribution in [2.24, 2.45) is 0 Å². The molecule has 0 atom stereocenters. The Morgan fingerprint density at radius 2 is 2.26 bits per heavy atom. The highest BCUT2D eigenvalue weighted by atomic mass is 32.2. The third-order valence-corrected chi connectivity index (χ3v) is 2.61. The fraction of sp³-hybridized carbons (Fsp3) is 0.250. The molecule has 0 fully saturated rings. The Hall–Kier alpha value is -2.43. The molecule has 19 heavy (non-hydrogen) atoms. The van der Waals surface area contributed by atoms with Crippen LogP contribution in [0.25, 0.3) is 0 Å². The summed E-state index contributed by atoms with van der Waals surface area (Å²) in [6.45, 7) is -0.162. The van der Waals surface area contributed by atoms with E-state index in [2.05, 4.69) is 20.1 Å². The van der Waals surface area contributed by atoms with Gasteiger partial charge in [-0.05, 0) is 0 Å². The molecule has 2 heterocycles. The summed E-state index contributed by atoms with van der Waals surface area (Å²) in [7, 11) is -3.43. The van der Waals surface area contributed by atoms with Gasteiger partial charge in [0, 0.05) is 6.07 Å². The molecule has 0 aliphatic rings. The number of hydrogen-bond donors (Lipinski definition) is 2. The Morgan fingerprint density at radius 3 is 2.84 bits per heavy atom. The number of sulfonamides is 1. The minimum absolute atomic E-state index is 0.0312. The maximum absolute atomic E-state index is 11.8. The summed E-state index contributed by atoms with van der Waals surface area (Å²) in [5, 5.41) is 10.9. The van der Waals surface area contributed by atoms with Gasteiger partial charge in [0.1, 0.15) is 12.4 Å².